The first-order valence-electron chi connectivity index (χ1n) is 6.31. The fourth-order valence-corrected chi connectivity index (χ4v) is 1.60. The molecule has 0 saturated heterocycles. The van der Waals surface area contributed by atoms with Crippen molar-refractivity contribution in [1.29, 1.82) is 0 Å². The largest absolute Gasteiger partial charge is 0.497 e. The van der Waals surface area contributed by atoms with Crippen molar-refractivity contribution >= 4 is 11.8 Å². The van der Waals surface area contributed by atoms with Crippen LogP contribution >= 0.6 is 0 Å². The first kappa shape index (κ1) is 16.3. The van der Waals surface area contributed by atoms with Gasteiger partial charge in [0.15, 0.2) is 0 Å². The minimum absolute atomic E-state index is 0.240. The maximum absolute atomic E-state index is 11.8. The van der Waals surface area contributed by atoms with Gasteiger partial charge in [0.2, 0.25) is 0 Å². The minimum atomic E-state index is -0.616. The highest BCUT2D eigenvalue weighted by atomic mass is 16.6. The van der Waals surface area contributed by atoms with Gasteiger partial charge in [-0.05, 0) is 44.5 Å². The number of hydrogen-bond donors (Lipinski definition) is 3. The maximum Gasteiger partial charge on any atom is 0.412 e. The number of methoxy groups -OCH3 is 1. The second kappa shape index (κ2) is 6.58. The Hall–Kier alpha value is -1.79. The number of anilines is 1. The Morgan fingerprint density at radius 1 is 1.45 bits per heavy atom. The Labute approximate surface area is 118 Å². The summed E-state index contributed by atoms with van der Waals surface area (Å²) in [7, 11) is 1.53. The van der Waals surface area contributed by atoms with Gasteiger partial charge < -0.3 is 20.3 Å². The second-order valence-electron chi connectivity index (χ2n) is 5.37. The van der Waals surface area contributed by atoms with Crippen LogP contribution in [0.5, 0.6) is 5.75 Å². The first-order chi connectivity index (χ1) is 9.26. The van der Waals surface area contributed by atoms with E-state index in [1.54, 1.807) is 39.0 Å². The summed E-state index contributed by atoms with van der Waals surface area (Å²) in [6.45, 7) is 5.10. The molecule has 0 spiro atoms. The van der Waals surface area contributed by atoms with Crippen molar-refractivity contribution in [3.05, 3.63) is 23.8 Å². The lowest BCUT2D eigenvalue weighted by molar-refractivity contribution is 0.0635. The standard InChI is InChI=1S/C14H22N2O4/c1-14(2,3)20-13(18)16-12-6-5-9(19-4)7-10(12)11(15)8-17/h5-7,11,17H,8,15H2,1-4H3,(H,16,18). The van der Waals surface area contributed by atoms with Crippen LogP contribution in [0.3, 0.4) is 0 Å². The van der Waals surface area contributed by atoms with E-state index in [1.807, 2.05) is 0 Å². The first-order valence-corrected chi connectivity index (χ1v) is 6.31. The van der Waals surface area contributed by atoms with Crippen molar-refractivity contribution in [3.63, 3.8) is 0 Å². The molecule has 1 rings (SSSR count). The van der Waals surface area contributed by atoms with Gasteiger partial charge in [-0.3, -0.25) is 5.32 Å². The third-order valence-electron chi connectivity index (χ3n) is 2.49. The summed E-state index contributed by atoms with van der Waals surface area (Å²) < 4.78 is 10.3. The number of carbonyl (C=O) groups is 1. The van der Waals surface area contributed by atoms with E-state index in [-0.39, 0.29) is 6.61 Å². The van der Waals surface area contributed by atoms with E-state index in [2.05, 4.69) is 5.32 Å². The molecule has 0 saturated carbocycles. The van der Waals surface area contributed by atoms with E-state index >= 15 is 0 Å². The van der Waals surface area contributed by atoms with Crippen molar-refractivity contribution in [2.75, 3.05) is 19.0 Å². The van der Waals surface area contributed by atoms with Gasteiger partial charge in [0.1, 0.15) is 11.4 Å². The molecular formula is C14H22N2O4. The van der Waals surface area contributed by atoms with Gasteiger partial charge >= 0.3 is 6.09 Å². The van der Waals surface area contributed by atoms with Gasteiger partial charge in [0.05, 0.1) is 19.8 Å². The number of aliphatic hydroxyl groups is 1. The van der Waals surface area contributed by atoms with Crippen LogP contribution in [-0.4, -0.2) is 30.5 Å². The van der Waals surface area contributed by atoms with Gasteiger partial charge in [-0.1, -0.05) is 0 Å². The predicted octanol–water partition coefficient (Wildman–Crippen LogP) is 2.03. The SMILES string of the molecule is COc1ccc(NC(=O)OC(C)(C)C)c(C(N)CO)c1. The number of nitrogens with two attached hydrogens (primary N) is 1. The molecule has 0 aromatic heterocycles. The molecule has 20 heavy (non-hydrogen) atoms. The number of hydrogen-bond acceptors (Lipinski definition) is 5. The molecule has 1 aromatic carbocycles. The fraction of sp³-hybridized carbons (Fsp3) is 0.500. The Balaban J connectivity index is 2.96. The van der Waals surface area contributed by atoms with E-state index in [4.69, 9.17) is 15.2 Å². The smallest absolute Gasteiger partial charge is 0.412 e. The van der Waals surface area contributed by atoms with Crippen LogP contribution in [0.15, 0.2) is 18.2 Å². The molecule has 6 heteroatoms. The summed E-state index contributed by atoms with van der Waals surface area (Å²) in [5, 5.41) is 11.8. The number of ether oxygens (including phenoxy) is 2. The van der Waals surface area contributed by atoms with Gasteiger partial charge in [0.25, 0.3) is 0 Å². The van der Waals surface area contributed by atoms with Crippen molar-refractivity contribution in [1.82, 2.24) is 0 Å². The van der Waals surface area contributed by atoms with Crippen LogP contribution in [0.2, 0.25) is 0 Å². The zero-order valence-corrected chi connectivity index (χ0v) is 12.3. The molecule has 0 bridgehead atoms. The summed E-state index contributed by atoms with van der Waals surface area (Å²) in [5.74, 6) is 0.596. The molecule has 0 fully saturated rings. The minimum Gasteiger partial charge on any atom is -0.497 e. The number of benzene rings is 1. The molecule has 1 aromatic rings. The average molecular weight is 282 g/mol. The Kier molecular flexibility index (Phi) is 5.35. The highest BCUT2D eigenvalue weighted by molar-refractivity contribution is 5.86. The van der Waals surface area contributed by atoms with Crippen molar-refractivity contribution < 1.29 is 19.4 Å². The molecule has 1 amide bonds. The maximum atomic E-state index is 11.8. The van der Waals surface area contributed by atoms with Crippen LogP contribution in [0.1, 0.15) is 32.4 Å². The lowest BCUT2D eigenvalue weighted by Crippen LogP contribution is -2.28. The molecule has 0 heterocycles. The van der Waals surface area contributed by atoms with E-state index in [1.165, 1.54) is 7.11 Å². The number of carbonyl (C=O) groups excluding carboxylic acids is 1. The van der Waals surface area contributed by atoms with E-state index < -0.39 is 17.7 Å². The zero-order chi connectivity index (χ0) is 15.3. The summed E-state index contributed by atoms with van der Waals surface area (Å²) in [6.07, 6.45) is -0.575. The lowest BCUT2D eigenvalue weighted by Gasteiger charge is -2.21. The normalized spacial score (nSPS) is 12.7. The molecule has 4 N–H and O–H groups in total. The van der Waals surface area contributed by atoms with Crippen LogP contribution in [-0.2, 0) is 4.74 Å². The Bertz CT molecular complexity index is 469. The summed E-state index contributed by atoms with van der Waals surface area (Å²) in [5.41, 5.74) is 6.31. The van der Waals surface area contributed by atoms with E-state index in [0.717, 1.165) is 0 Å². The molecule has 0 aliphatic carbocycles. The highest BCUT2D eigenvalue weighted by Crippen LogP contribution is 2.27. The van der Waals surface area contributed by atoms with Crippen molar-refractivity contribution in [2.45, 2.75) is 32.4 Å². The van der Waals surface area contributed by atoms with Crippen LogP contribution in [0.4, 0.5) is 10.5 Å². The fourth-order valence-electron chi connectivity index (χ4n) is 1.60. The van der Waals surface area contributed by atoms with Gasteiger partial charge in [-0.15, -0.1) is 0 Å². The van der Waals surface area contributed by atoms with E-state index in [0.29, 0.717) is 17.0 Å². The molecule has 0 radical (unpaired) electrons. The van der Waals surface area contributed by atoms with Gasteiger partial charge in [0, 0.05) is 5.69 Å². The van der Waals surface area contributed by atoms with Crippen LogP contribution < -0.4 is 15.8 Å². The number of aliphatic hydroxyl groups excluding tert-OH is 1. The van der Waals surface area contributed by atoms with E-state index in [9.17, 15) is 9.90 Å². The van der Waals surface area contributed by atoms with Crippen LogP contribution in [0, 0.1) is 0 Å². The summed E-state index contributed by atoms with van der Waals surface area (Å²) in [6, 6.07) is 4.41. The number of rotatable bonds is 4. The summed E-state index contributed by atoms with van der Waals surface area (Å²) in [4.78, 5) is 11.8. The summed E-state index contributed by atoms with van der Waals surface area (Å²) >= 11 is 0. The Morgan fingerprint density at radius 2 is 2.10 bits per heavy atom. The quantitative estimate of drug-likeness (QED) is 0.785. The van der Waals surface area contributed by atoms with Gasteiger partial charge in [-0.25, -0.2) is 4.79 Å². The topological polar surface area (TPSA) is 93.8 Å². The second-order valence-corrected chi connectivity index (χ2v) is 5.37. The van der Waals surface area contributed by atoms with Crippen LogP contribution in [0.25, 0.3) is 0 Å². The molecule has 0 aliphatic heterocycles. The molecule has 112 valence electrons. The van der Waals surface area contributed by atoms with Crippen molar-refractivity contribution in [2.24, 2.45) is 5.73 Å². The number of nitrogens with one attached hydrogen (secondary N) is 1. The molecule has 1 atom stereocenters. The zero-order valence-electron chi connectivity index (χ0n) is 12.3. The molecule has 0 aliphatic rings. The lowest BCUT2D eigenvalue weighted by atomic mass is 10.1. The average Bonchev–Trinajstić information content (AvgIpc) is 2.36. The predicted molar refractivity (Wildman–Crippen MR) is 76.9 cm³/mol. The Morgan fingerprint density at radius 3 is 2.60 bits per heavy atom. The molecule has 1 unspecified atom stereocenters. The number of amides is 1. The molecular weight excluding hydrogens is 260 g/mol. The third kappa shape index (κ3) is 4.71. The monoisotopic (exact) mass is 282 g/mol. The third-order valence-corrected chi connectivity index (χ3v) is 2.49. The van der Waals surface area contributed by atoms with Crippen molar-refractivity contribution in [3.8, 4) is 5.75 Å². The molecule has 6 nitrogen and oxygen atoms in total. The highest BCUT2D eigenvalue weighted by Gasteiger charge is 2.19. The van der Waals surface area contributed by atoms with Gasteiger partial charge in [-0.2, -0.15) is 0 Å².